The molecular weight excluding hydrogens is 345 g/mol. The number of carbonyl (C=O) groups excluding carboxylic acids is 2. The third-order valence-corrected chi connectivity index (χ3v) is 4.57. The van der Waals surface area contributed by atoms with Crippen molar-refractivity contribution in [1.29, 1.82) is 0 Å². The van der Waals surface area contributed by atoms with Crippen LogP contribution in [0.3, 0.4) is 0 Å². The van der Waals surface area contributed by atoms with E-state index < -0.39 is 0 Å². The van der Waals surface area contributed by atoms with Crippen LogP contribution in [0.5, 0.6) is 0 Å². The lowest BCUT2D eigenvalue weighted by Crippen LogP contribution is -2.49. The normalized spacial score (nSPS) is 14.4. The number of nitrogens with one attached hydrogen (secondary N) is 1. The smallest absolute Gasteiger partial charge is 0.253 e. The maximum Gasteiger partial charge on any atom is 0.253 e. The highest BCUT2D eigenvalue weighted by molar-refractivity contribution is 5.98. The number of amides is 2. The Labute approximate surface area is 158 Å². The monoisotopic (exact) mass is 369 g/mol. The van der Waals surface area contributed by atoms with E-state index in [-0.39, 0.29) is 23.7 Å². The molecule has 2 aromatic rings. The Hall–Kier alpha value is -2.89. The largest absolute Gasteiger partial charge is 0.366 e. The summed E-state index contributed by atoms with van der Waals surface area (Å²) < 4.78 is 13.9. The number of carbonyl (C=O) groups is 2. The van der Waals surface area contributed by atoms with Crippen LogP contribution in [-0.2, 0) is 0 Å². The first-order chi connectivity index (χ1) is 13.0. The molecule has 0 atom stereocenters. The van der Waals surface area contributed by atoms with Gasteiger partial charge in [0.25, 0.3) is 11.8 Å². The minimum absolute atomic E-state index is 0.0598. The van der Waals surface area contributed by atoms with Crippen molar-refractivity contribution < 1.29 is 14.0 Å². The Morgan fingerprint density at radius 1 is 0.926 bits per heavy atom. The molecule has 0 bridgehead atoms. The second-order valence-corrected chi connectivity index (χ2v) is 6.94. The molecule has 0 aromatic heterocycles. The third kappa shape index (κ3) is 4.45. The van der Waals surface area contributed by atoms with Gasteiger partial charge in [-0.2, -0.15) is 0 Å². The van der Waals surface area contributed by atoms with Crippen molar-refractivity contribution in [2.24, 2.45) is 0 Å². The van der Waals surface area contributed by atoms with Gasteiger partial charge in [0, 0.05) is 43.3 Å². The second kappa shape index (κ2) is 8.20. The van der Waals surface area contributed by atoms with Crippen LogP contribution in [0.25, 0.3) is 0 Å². The van der Waals surface area contributed by atoms with Crippen molar-refractivity contribution in [3.05, 3.63) is 65.5 Å². The van der Waals surface area contributed by atoms with Crippen molar-refractivity contribution in [2.75, 3.05) is 31.1 Å². The van der Waals surface area contributed by atoms with E-state index in [4.69, 9.17) is 0 Å². The lowest BCUT2D eigenvalue weighted by molar-refractivity contribution is 0.0746. The number of hydrogen-bond acceptors (Lipinski definition) is 3. The minimum Gasteiger partial charge on any atom is -0.366 e. The van der Waals surface area contributed by atoms with Gasteiger partial charge in [0.15, 0.2) is 0 Å². The van der Waals surface area contributed by atoms with E-state index >= 15 is 0 Å². The molecule has 2 aromatic carbocycles. The minimum atomic E-state index is -0.243. The maximum atomic E-state index is 13.9. The summed E-state index contributed by atoms with van der Waals surface area (Å²) >= 11 is 0. The molecule has 1 aliphatic heterocycles. The molecule has 2 amide bonds. The Bertz CT molecular complexity index is 812. The van der Waals surface area contributed by atoms with Crippen LogP contribution >= 0.6 is 0 Å². The molecule has 5 nitrogen and oxygen atoms in total. The zero-order valence-corrected chi connectivity index (χ0v) is 15.6. The fourth-order valence-corrected chi connectivity index (χ4v) is 3.15. The number of halogens is 1. The number of para-hydroxylation sites is 1. The van der Waals surface area contributed by atoms with Gasteiger partial charge in [-0.3, -0.25) is 9.59 Å². The predicted molar refractivity (Wildman–Crippen MR) is 104 cm³/mol. The first-order valence-electron chi connectivity index (χ1n) is 9.15. The Kier molecular flexibility index (Phi) is 5.74. The van der Waals surface area contributed by atoms with Crippen LogP contribution in [0, 0.1) is 5.82 Å². The van der Waals surface area contributed by atoms with Gasteiger partial charge in [0.2, 0.25) is 0 Å². The standard InChI is InChI=1S/C21H24FN3O2/c1-15(2)23-20(26)16-7-9-17(10-8-16)21(27)25-13-11-24(12-14-25)19-6-4-3-5-18(19)22/h3-10,15H,11-14H2,1-2H3,(H,23,26). The summed E-state index contributed by atoms with van der Waals surface area (Å²) in [5.41, 5.74) is 1.66. The molecule has 6 heteroatoms. The van der Waals surface area contributed by atoms with Gasteiger partial charge in [-0.05, 0) is 50.2 Å². The highest BCUT2D eigenvalue weighted by atomic mass is 19.1. The summed E-state index contributed by atoms with van der Waals surface area (Å²) in [5.74, 6) is -0.464. The SMILES string of the molecule is CC(C)NC(=O)c1ccc(C(=O)N2CCN(c3ccccc3F)CC2)cc1. The molecule has 27 heavy (non-hydrogen) atoms. The Morgan fingerprint density at radius 3 is 2.11 bits per heavy atom. The highest BCUT2D eigenvalue weighted by Crippen LogP contribution is 2.20. The van der Waals surface area contributed by atoms with Gasteiger partial charge in [0.1, 0.15) is 5.82 Å². The van der Waals surface area contributed by atoms with Gasteiger partial charge in [0.05, 0.1) is 5.69 Å². The molecule has 1 heterocycles. The van der Waals surface area contributed by atoms with E-state index in [1.54, 1.807) is 41.3 Å². The molecule has 1 saturated heterocycles. The second-order valence-electron chi connectivity index (χ2n) is 6.94. The summed E-state index contributed by atoms with van der Waals surface area (Å²) in [6, 6.07) is 13.4. The molecule has 1 fully saturated rings. The number of anilines is 1. The van der Waals surface area contributed by atoms with Crippen LogP contribution in [0.2, 0.25) is 0 Å². The zero-order valence-electron chi connectivity index (χ0n) is 15.6. The van der Waals surface area contributed by atoms with Crippen molar-refractivity contribution in [3.63, 3.8) is 0 Å². The number of rotatable bonds is 4. The molecule has 1 N–H and O–H groups in total. The topological polar surface area (TPSA) is 52.7 Å². The fourth-order valence-electron chi connectivity index (χ4n) is 3.15. The number of benzene rings is 2. The average molecular weight is 369 g/mol. The summed E-state index contributed by atoms with van der Waals surface area (Å²) in [6.07, 6.45) is 0. The Balaban J connectivity index is 1.61. The molecule has 0 spiro atoms. The molecule has 0 unspecified atom stereocenters. The van der Waals surface area contributed by atoms with Crippen molar-refractivity contribution in [1.82, 2.24) is 10.2 Å². The van der Waals surface area contributed by atoms with E-state index in [2.05, 4.69) is 5.32 Å². The van der Waals surface area contributed by atoms with Gasteiger partial charge in [-0.1, -0.05) is 12.1 Å². The predicted octanol–water partition coefficient (Wildman–Crippen LogP) is 2.93. The third-order valence-electron chi connectivity index (χ3n) is 4.57. The van der Waals surface area contributed by atoms with E-state index in [1.807, 2.05) is 24.8 Å². The van der Waals surface area contributed by atoms with Crippen LogP contribution < -0.4 is 10.2 Å². The lowest BCUT2D eigenvalue weighted by Gasteiger charge is -2.36. The quantitative estimate of drug-likeness (QED) is 0.902. The van der Waals surface area contributed by atoms with Crippen LogP contribution in [0.15, 0.2) is 48.5 Å². The molecule has 0 saturated carbocycles. The van der Waals surface area contributed by atoms with Crippen LogP contribution in [0.4, 0.5) is 10.1 Å². The molecule has 0 aliphatic carbocycles. The number of piperazine rings is 1. The van der Waals surface area contributed by atoms with E-state index in [0.29, 0.717) is 43.0 Å². The molecule has 3 rings (SSSR count). The van der Waals surface area contributed by atoms with Gasteiger partial charge < -0.3 is 15.1 Å². The number of hydrogen-bond donors (Lipinski definition) is 1. The summed E-state index contributed by atoms with van der Waals surface area (Å²) in [7, 11) is 0. The van der Waals surface area contributed by atoms with Crippen molar-refractivity contribution in [2.45, 2.75) is 19.9 Å². The van der Waals surface area contributed by atoms with Crippen molar-refractivity contribution >= 4 is 17.5 Å². The van der Waals surface area contributed by atoms with Crippen LogP contribution in [-0.4, -0.2) is 48.9 Å². The lowest BCUT2D eigenvalue weighted by atomic mass is 10.1. The Morgan fingerprint density at radius 2 is 1.52 bits per heavy atom. The van der Waals surface area contributed by atoms with E-state index in [1.165, 1.54) is 6.07 Å². The molecule has 142 valence electrons. The average Bonchev–Trinajstić information content (AvgIpc) is 2.67. The summed E-state index contributed by atoms with van der Waals surface area (Å²) in [6.45, 7) is 6.03. The van der Waals surface area contributed by atoms with E-state index in [9.17, 15) is 14.0 Å². The fraction of sp³-hybridized carbons (Fsp3) is 0.333. The first-order valence-corrected chi connectivity index (χ1v) is 9.15. The molecular formula is C21H24FN3O2. The summed E-state index contributed by atoms with van der Waals surface area (Å²) in [4.78, 5) is 28.4. The molecule has 0 radical (unpaired) electrons. The van der Waals surface area contributed by atoms with Gasteiger partial charge >= 0.3 is 0 Å². The maximum absolute atomic E-state index is 13.9. The van der Waals surface area contributed by atoms with Gasteiger partial charge in [-0.25, -0.2) is 4.39 Å². The summed E-state index contributed by atoms with van der Waals surface area (Å²) in [5, 5.41) is 2.83. The van der Waals surface area contributed by atoms with Crippen molar-refractivity contribution in [3.8, 4) is 0 Å². The highest BCUT2D eigenvalue weighted by Gasteiger charge is 2.23. The van der Waals surface area contributed by atoms with Gasteiger partial charge in [-0.15, -0.1) is 0 Å². The first kappa shape index (κ1) is 18.9. The van der Waals surface area contributed by atoms with E-state index in [0.717, 1.165) is 0 Å². The number of nitrogens with zero attached hydrogens (tertiary/aromatic N) is 2. The van der Waals surface area contributed by atoms with Crippen LogP contribution in [0.1, 0.15) is 34.6 Å². The zero-order chi connectivity index (χ0) is 19.4. The molecule has 1 aliphatic rings.